The number of hydrogen-bond donors (Lipinski definition) is 1. The van der Waals surface area contributed by atoms with Gasteiger partial charge in [-0.2, -0.15) is 0 Å². The maximum absolute atomic E-state index is 12.6. The summed E-state index contributed by atoms with van der Waals surface area (Å²) < 4.78 is 11.1. The molecule has 0 saturated heterocycles. The van der Waals surface area contributed by atoms with E-state index in [-0.39, 0.29) is 17.2 Å². The molecule has 2 heterocycles. The van der Waals surface area contributed by atoms with E-state index in [1.54, 1.807) is 44.5 Å². The monoisotopic (exact) mass is 387 g/mol. The first-order valence-corrected chi connectivity index (χ1v) is 8.77. The second-order valence-electron chi connectivity index (χ2n) is 5.68. The van der Waals surface area contributed by atoms with Gasteiger partial charge in [-0.1, -0.05) is 11.3 Å². The number of nitrogens with one attached hydrogen (secondary N) is 1. The number of aryl methyl sites for hydroxylation is 1. The Labute approximate surface area is 158 Å². The molecule has 0 aliphatic heterocycles. The Morgan fingerprint density at radius 2 is 2.04 bits per heavy atom. The molecule has 140 valence electrons. The van der Waals surface area contributed by atoms with Crippen molar-refractivity contribution in [1.82, 2.24) is 9.55 Å². The Hall–Kier alpha value is -3.20. The van der Waals surface area contributed by atoms with Crippen molar-refractivity contribution in [3.8, 4) is 5.75 Å². The number of methoxy groups -OCH3 is 2. The van der Waals surface area contributed by atoms with Crippen LogP contribution in [0, 0.1) is 6.92 Å². The molecule has 0 radical (unpaired) electrons. The van der Waals surface area contributed by atoms with Crippen LogP contribution in [0.5, 0.6) is 5.75 Å². The van der Waals surface area contributed by atoms with Gasteiger partial charge in [0, 0.05) is 11.6 Å². The number of anilines is 1. The number of benzene rings is 1. The smallest absolute Gasteiger partial charge is 0.350 e. The van der Waals surface area contributed by atoms with Crippen molar-refractivity contribution in [2.75, 3.05) is 19.5 Å². The Bertz CT molecular complexity index is 1090. The molecule has 0 spiro atoms. The van der Waals surface area contributed by atoms with Crippen LogP contribution in [0.15, 0.2) is 35.3 Å². The highest BCUT2D eigenvalue weighted by Gasteiger charge is 2.17. The van der Waals surface area contributed by atoms with Gasteiger partial charge in [-0.25, -0.2) is 9.78 Å². The predicted octanol–water partition coefficient (Wildman–Crippen LogP) is 2.20. The van der Waals surface area contributed by atoms with Gasteiger partial charge in [-0.3, -0.25) is 9.59 Å². The molecule has 0 saturated carbocycles. The predicted molar refractivity (Wildman–Crippen MR) is 102 cm³/mol. The summed E-state index contributed by atoms with van der Waals surface area (Å²) in [6, 6.07) is 6.86. The highest BCUT2D eigenvalue weighted by Crippen LogP contribution is 2.23. The third-order valence-electron chi connectivity index (χ3n) is 3.91. The number of pyridine rings is 1. The van der Waals surface area contributed by atoms with Crippen LogP contribution in [0.1, 0.15) is 15.4 Å². The number of aromatic nitrogens is 2. The number of amides is 1. The van der Waals surface area contributed by atoms with Gasteiger partial charge in [0.05, 0.1) is 19.9 Å². The molecule has 9 heteroatoms. The molecule has 0 bridgehead atoms. The van der Waals surface area contributed by atoms with E-state index in [4.69, 9.17) is 4.74 Å². The Balaban J connectivity index is 1.79. The van der Waals surface area contributed by atoms with Gasteiger partial charge in [0.1, 0.15) is 17.2 Å². The number of fused-ring (bicyclic) bond motifs is 1. The second-order valence-corrected chi connectivity index (χ2v) is 6.67. The zero-order valence-electron chi connectivity index (χ0n) is 14.9. The largest absolute Gasteiger partial charge is 0.497 e. The van der Waals surface area contributed by atoms with Crippen LogP contribution in [0.4, 0.5) is 5.13 Å². The van der Waals surface area contributed by atoms with E-state index in [1.807, 2.05) is 0 Å². The van der Waals surface area contributed by atoms with Crippen molar-refractivity contribution in [3.05, 3.63) is 51.4 Å². The van der Waals surface area contributed by atoms with Crippen LogP contribution in [-0.2, 0) is 16.1 Å². The minimum Gasteiger partial charge on any atom is -0.497 e. The van der Waals surface area contributed by atoms with Gasteiger partial charge < -0.3 is 19.4 Å². The molecular formula is C18H17N3O5S. The molecule has 8 nitrogen and oxygen atoms in total. The average Bonchev–Trinajstić information content (AvgIpc) is 3.03. The van der Waals surface area contributed by atoms with Crippen molar-refractivity contribution in [1.29, 1.82) is 0 Å². The minimum atomic E-state index is -0.508. The van der Waals surface area contributed by atoms with Crippen LogP contribution in [0.2, 0.25) is 0 Å². The molecule has 0 fully saturated rings. The fraction of sp³-hybridized carbons (Fsp3) is 0.222. The number of thiazole rings is 1. The lowest BCUT2D eigenvalue weighted by molar-refractivity contribution is -0.116. The van der Waals surface area contributed by atoms with Crippen LogP contribution in [-0.4, -0.2) is 35.6 Å². The van der Waals surface area contributed by atoms with Crippen molar-refractivity contribution in [2.24, 2.45) is 0 Å². The summed E-state index contributed by atoms with van der Waals surface area (Å²) in [7, 11) is 2.83. The van der Waals surface area contributed by atoms with Crippen molar-refractivity contribution in [2.45, 2.75) is 13.5 Å². The van der Waals surface area contributed by atoms with Crippen molar-refractivity contribution in [3.63, 3.8) is 0 Å². The fourth-order valence-corrected chi connectivity index (χ4v) is 3.46. The van der Waals surface area contributed by atoms with Gasteiger partial charge in [0.25, 0.3) is 5.56 Å². The second kappa shape index (κ2) is 7.58. The first-order chi connectivity index (χ1) is 12.9. The fourth-order valence-electron chi connectivity index (χ4n) is 2.56. The van der Waals surface area contributed by atoms with E-state index < -0.39 is 11.9 Å². The Kier molecular flexibility index (Phi) is 5.22. The topological polar surface area (TPSA) is 99.5 Å². The van der Waals surface area contributed by atoms with Gasteiger partial charge in [0.15, 0.2) is 5.13 Å². The van der Waals surface area contributed by atoms with Crippen molar-refractivity contribution >= 4 is 39.1 Å². The summed E-state index contributed by atoms with van der Waals surface area (Å²) in [5.74, 6) is -0.278. The molecule has 1 amide bonds. The lowest BCUT2D eigenvalue weighted by atomic mass is 10.1. The molecule has 0 aliphatic rings. The van der Waals surface area contributed by atoms with E-state index in [0.29, 0.717) is 21.7 Å². The van der Waals surface area contributed by atoms with Crippen LogP contribution in [0.25, 0.3) is 10.8 Å². The van der Waals surface area contributed by atoms with E-state index >= 15 is 0 Å². The summed E-state index contributed by atoms with van der Waals surface area (Å²) >= 11 is 1.02. The first kappa shape index (κ1) is 18.6. The molecule has 2 aromatic heterocycles. The number of rotatable bonds is 5. The van der Waals surface area contributed by atoms with Gasteiger partial charge in [-0.05, 0) is 36.6 Å². The van der Waals surface area contributed by atoms with Gasteiger partial charge in [0.2, 0.25) is 5.91 Å². The minimum absolute atomic E-state index is 0.174. The quantitative estimate of drug-likeness (QED) is 0.674. The van der Waals surface area contributed by atoms with E-state index in [0.717, 1.165) is 16.7 Å². The molecule has 3 aromatic rings. The third-order valence-corrected chi connectivity index (χ3v) is 4.96. The van der Waals surface area contributed by atoms with E-state index in [9.17, 15) is 14.4 Å². The standard InChI is InChI=1S/C18H17N3O5S/c1-10-15(17(24)26-3)27-18(19-10)20-14(22)9-21-7-6-11-8-12(25-2)4-5-13(11)16(21)23/h4-8H,9H2,1-3H3,(H,19,20,22). The van der Waals surface area contributed by atoms with Gasteiger partial charge in [-0.15, -0.1) is 0 Å². The molecule has 1 N–H and O–H groups in total. The number of carbonyl (C=O) groups excluding carboxylic acids is 2. The summed E-state index contributed by atoms with van der Waals surface area (Å²) in [5, 5.41) is 4.10. The zero-order chi connectivity index (χ0) is 19.6. The Morgan fingerprint density at radius 3 is 2.74 bits per heavy atom. The number of nitrogens with zero attached hydrogens (tertiary/aromatic N) is 2. The summed E-state index contributed by atoms with van der Waals surface area (Å²) in [4.78, 5) is 40.9. The van der Waals surface area contributed by atoms with Crippen LogP contribution >= 0.6 is 11.3 Å². The maximum Gasteiger partial charge on any atom is 0.350 e. The third kappa shape index (κ3) is 3.82. The molecule has 0 aliphatic carbocycles. The lowest BCUT2D eigenvalue weighted by Gasteiger charge is -2.08. The molecule has 0 atom stereocenters. The van der Waals surface area contributed by atoms with E-state index in [1.165, 1.54) is 11.7 Å². The number of carbonyl (C=O) groups is 2. The SMILES string of the molecule is COC(=O)c1sc(NC(=O)Cn2ccc3cc(OC)ccc3c2=O)nc1C. The van der Waals surface area contributed by atoms with Crippen LogP contribution in [0.3, 0.4) is 0 Å². The molecule has 1 aromatic carbocycles. The highest BCUT2D eigenvalue weighted by atomic mass is 32.1. The average molecular weight is 387 g/mol. The van der Waals surface area contributed by atoms with Crippen molar-refractivity contribution < 1.29 is 19.1 Å². The summed E-state index contributed by atoms with van der Waals surface area (Å²) in [6.07, 6.45) is 1.55. The zero-order valence-corrected chi connectivity index (χ0v) is 15.8. The highest BCUT2D eigenvalue weighted by molar-refractivity contribution is 7.17. The number of ether oxygens (including phenoxy) is 2. The number of hydrogen-bond acceptors (Lipinski definition) is 7. The van der Waals surface area contributed by atoms with Gasteiger partial charge >= 0.3 is 5.97 Å². The van der Waals surface area contributed by atoms with E-state index in [2.05, 4.69) is 15.0 Å². The summed E-state index contributed by atoms with van der Waals surface area (Å²) in [5.41, 5.74) is 0.190. The maximum atomic E-state index is 12.6. The molecule has 27 heavy (non-hydrogen) atoms. The lowest BCUT2D eigenvalue weighted by Crippen LogP contribution is -2.27. The Morgan fingerprint density at radius 1 is 1.26 bits per heavy atom. The molecule has 3 rings (SSSR count). The normalized spacial score (nSPS) is 10.6. The summed E-state index contributed by atoms with van der Waals surface area (Å²) in [6.45, 7) is 1.48. The first-order valence-electron chi connectivity index (χ1n) is 7.95. The van der Waals surface area contributed by atoms with Crippen LogP contribution < -0.4 is 15.6 Å². The number of esters is 1. The molecular weight excluding hydrogens is 370 g/mol. The molecule has 0 unspecified atom stereocenters.